The summed E-state index contributed by atoms with van der Waals surface area (Å²) in [5.41, 5.74) is 12.0. The third-order valence-corrected chi connectivity index (χ3v) is 12.5. The quantitative estimate of drug-likeness (QED) is 0.124. The van der Waals surface area contributed by atoms with Crippen LogP contribution < -0.4 is 0 Å². The molecule has 11 aromatic carbocycles. The molecule has 0 amide bonds. The molecule has 0 bridgehead atoms. The second-order valence-corrected chi connectivity index (χ2v) is 16.1. The number of rotatable bonds is 6. The SMILES string of the molecule is c1ccc(-c2nc(-c3cccc(-c4ccc5ccccc5c4)c3)cc(-c3ccc(-c4ccc(-c5c6ccccc6cc6c5ccc5ccccc56)cc4)c4ccccc34)n2)cc1. The number of benzene rings is 11. The number of hydrogen-bond acceptors (Lipinski definition) is 2. The van der Waals surface area contributed by atoms with Crippen molar-refractivity contribution in [2.75, 3.05) is 0 Å². The van der Waals surface area contributed by atoms with Crippen molar-refractivity contribution in [3.05, 3.63) is 231 Å². The maximum absolute atomic E-state index is 5.27. The standard InChI is InChI=1S/C60H38N2/c1-2-15-43(16-3-1)60-61-57(48-20-12-19-45(36-48)46-30-25-39-13-4-5-17-44(39)35-46)38-58(62-60)54-34-33-50(52-23-10-11-24-53(52)54)41-26-28-42(29-27-41)59-51-22-9-7-18-47(51)37-56-49-21-8-6-14-40(49)31-32-55(56)59/h1-38H. The molecule has 0 aliphatic heterocycles. The minimum absolute atomic E-state index is 0.701. The summed E-state index contributed by atoms with van der Waals surface area (Å²) < 4.78 is 0. The van der Waals surface area contributed by atoms with Crippen LogP contribution in [0.5, 0.6) is 0 Å². The highest BCUT2D eigenvalue weighted by atomic mass is 14.9. The highest BCUT2D eigenvalue weighted by Gasteiger charge is 2.17. The van der Waals surface area contributed by atoms with Gasteiger partial charge >= 0.3 is 0 Å². The first-order valence-corrected chi connectivity index (χ1v) is 21.2. The van der Waals surface area contributed by atoms with E-state index in [0.717, 1.165) is 39.0 Å². The molecular weight excluding hydrogens is 749 g/mol. The van der Waals surface area contributed by atoms with Crippen LogP contribution in [-0.2, 0) is 0 Å². The Morgan fingerprint density at radius 3 is 1.61 bits per heavy atom. The molecule has 62 heavy (non-hydrogen) atoms. The van der Waals surface area contributed by atoms with Gasteiger partial charge in [-0.1, -0.05) is 206 Å². The van der Waals surface area contributed by atoms with Crippen LogP contribution in [0.25, 0.3) is 121 Å². The van der Waals surface area contributed by atoms with Crippen molar-refractivity contribution in [3.63, 3.8) is 0 Å². The summed E-state index contributed by atoms with van der Waals surface area (Å²) in [7, 11) is 0. The van der Waals surface area contributed by atoms with Crippen molar-refractivity contribution in [3.8, 4) is 67.3 Å². The molecule has 1 heterocycles. The lowest BCUT2D eigenvalue weighted by atomic mass is 9.88. The van der Waals surface area contributed by atoms with Gasteiger partial charge in [-0.25, -0.2) is 9.97 Å². The maximum Gasteiger partial charge on any atom is 0.160 e. The van der Waals surface area contributed by atoms with Crippen LogP contribution in [0, 0.1) is 0 Å². The smallest absolute Gasteiger partial charge is 0.160 e. The van der Waals surface area contributed by atoms with Gasteiger partial charge in [0.25, 0.3) is 0 Å². The van der Waals surface area contributed by atoms with Gasteiger partial charge in [0, 0.05) is 16.7 Å². The summed E-state index contributed by atoms with van der Waals surface area (Å²) in [6.45, 7) is 0. The summed E-state index contributed by atoms with van der Waals surface area (Å²) in [6, 6.07) is 83.1. The van der Waals surface area contributed by atoms with Gasteiger partial charge in [0.05, 0.1) is 11.4 Å². The van der Waals surface area contributed by atoms with Gasteiger partial charge in [-0.2, -0.15) is 0 Å². The van der Waals surface area contributed by atoms with E-state index in [2.05, 4.69) is 212 Å². The number of fused-ring (bicyclic) bond motifs is 6. The second kappa shape index (κ2) is 14.8. The molecule has 1 aromatic heterocycles. The van der Waals surface area contributed by atoms with E-state index >= 15 is 0 Å². The molecule has 0 fully saturated rings. The van der Waals surface area contributed by atoms with Crippen molar-refractivity contribution in [2.45, 2.75) is 0 Å². The van der Waals surface area contributed by atoms with Crippen LogP contribution in [0.4, 0.5) is 0 Å². The van der Waals surface area contributed by atoms with Gasteiger partial charge in [-0.3, -0.25) is 0 Å². The Morgan fingerprint density at radius 1 is 0.226 bits per heavy atom. The molecule has 0 atom stereocenters. The molecular formula is C60H38N2. The zero-order valence-electron chi connectivity index (χ0n) is 33.8. The van der Waals surface area contributed by atoms with Crippen LogP contribution in [-0.4, -0.2) is 9.97 Å². The monoisotopic (exact) mass is 786 g/mol. The summed E-state index contributed by atoms with van der Waals surface area (Å²) >= 11 is 0. The van der Waals surface area contributed by atoms with Crippen LogP contribution >= 0.6 is 0 Å². The second-order valence-electron chi connectivity index (χ2n) is 16.1. The normalized spacial score (nSPS) is 11.5. The highest BCUT2D eigenvalue weighted by molar-refractivity contribution is 6.20. The van der Waals surface area contributed by atoms with Gasteiger partial charge in [0.1, 0.15) is 0 Å². The van der Waals surface area contributed by atoms with Crippen molar-refractivity contribution >= 4 is 53.9 Å². The fourth-order valence-corrected chi connectivity index (χ4v) is 9.40. The molecule has 12 aromatic rings. The average molecular weight is 787 g/mol. The van der Waals surface area contributed by atoms with Gasteiger partial charge in [-0.05, 0) is 112 Å². The van der Waals surface area contributed by atoms with Crippen LogP contribution in [0.1, 0.15) is 0 Å². The Hall–Kier alpha value is -8.20. The summed E-state index contributed by atoms with van der Waals surface area (Å²) in [6.07, 6.45) is 0. The molecule has 0 aliphatic carbocycles. The number of hydrogen-bond donors (Lipinski definition) is 0. The first-order valence-electron chi connectivity index (χ1n) is 21.2. The highest BCUT2D eigenvalue weighted by Crippen LogP contribution is 2.42. The maximum atomic E-state index is 5.27. The Balaban J connectivity index is 0.968. The molecule has 0 unspecified atom stereocenters. The number of aromatic nitrogens is 2. The predicted octanol–water partition coefficient (Wildman–Crippen LogP) is 16.2. The molecule has 0 saturated carbocycles. The van der Waals surface area contributed by atoms with E-state index in [9.17, 15) is 0 Å². The average Bonchev–Trinajstić information content (AvgIpc) is 3.35. The molecule has 0 spiro atoms. The molecule has 2 nitrogen and oxygen atoms in total. The molecule has 0 aliphatic rings. The minimum atomic E-state index is 0.701. The van der Waals surface area contributed by atoms with Crippen LogP contribution in [0.3, 0.4) is 0 Å². The third kappa shape index (κ3) is 6.20. The summed E-state index contributed by atoms with van der Waals surface area (Å²) in [5, 5.41) is 12.4. The van der Waals surface area contributed by atoms with E-state index in [-0.39, 0.29) is 0 Å². The van der Waals surface area contributed by atoms with Gasteiger partial charge in [-0.15, -0.1) is 0 Å². The molecule has 288 valence electrons. The lowest BCUT2D eigenvalue weighted by Crippen LogP contribution is -1.97. The summed E-state index contributed by atoms with van der Waals surface area (Å²) in [4.78, 5) is 10.5. The molecule has 0 saturated heterocycles. The van der Waals surface area contributed by atoms with E-state index in [1.165, 1.54) is 76.3 Å². The van der Waals surface area contributed by atoms with Crippen LogP contribution in [0.2, 0.25) is 0 Å². The molecule has 0 N–H and O–H groups in total. The topological polar surface area (TPSA) is 25.8 Å². The van der Waals surface area contributed by atoms with E-state index in [1.54, 1.807) is 0 Å². The van der Waals surface area contributed by atoms with E-state index in [0.29, 0.717) is 5.82 Å². The minimum Gasteiger partial charge on any atom is -0.228 e. The van der Waals surface area contributed by atoms with Crippen LogP contribution in [0.15, 0.2) is 231 Å². The first-order chi connectivity index (χ1) is 30.7. The van der Waals surface area contributed by atoms with E-state index < -0.39 is 0 Å². The first kappa shape index (κ1) is 35.7. The van der Waals surface area contributed by atoms with Crippen molar-refractivity contribution in [2.24, 2.45) is 0 Å². The van der Waals surface area contributed by atoms with E-state index in [1.807, 2.05) is 18.2 Å². The lowest BCUT2D eigenvalue weighted by molar-refractivity contribution is 1.18. The fraction of sp³-hybridized carbons (Fsp3) is 0. The largest absolute Gasteiger partial charge is 0.228 e. The van der Waals surface area contributed by atoms with Gasteiger partial charge in [0.15, 0.2) is 5.82 Å². The summed E-state index contributed by atoms with van der Waals surface area (Å²) in [5.74, 6) is 0.701. The molecule has 12 rings (SSSR count). The lowest BCUT2D eigenvalue weighted by Gasteiger charge is -2.16. The van der Waals surface area contributed by atoms with Gasteiger partial charge in [0.2, 0.25) is 0 Å². The predicted molar refractivity (Wildman–Crippen MR) is 262 cm³/mol. The van der Waals surface area contributed by atoms with Crippen molar-refractivity contribution in [1.82, 2.24) is 9.97 Å². The van der Waals surface area contributed by atoms with E-state index in [4.69, 9.17) is 9.97 Å². The Bertz CT molecular complexity index is 3680. The Labute approximate surface area is 360 Å². The fourth-order valence-electron chi connectivity index (χ4n) is 9.40. The van der Waals surface area contributed by atoms with Gasteiger partial charge < -0.3 is 0 Å². The zero-order chi connectivity index (χ0) is 41.0. The van der Waals surface area contributed by atoms with Crippen molar-refractivity contribution in [1.29, 1.82) is 0 Å². The molecule has 0 radical (unpaired) electrons. The Kier molecular flexibility index (Phi) is 8.53. The number of nitrogens with zero attached hydrogens (tertiary/aromatic N) is 2. The third-order valence-electron chi connectivity index (χ3n) is 12.5. The zero-order valence-corrected chi connectivity index (χ0v) is 33.8. The molecule has 2 heteroatoms. The Morgan fingerprint density at radius 2 is 0.790 bits per heavy atom. The van der Waals surface area contributed by atoms with Crippen molar-refractivity contribution < 1.29 is 0 Å².